The van der Waals surface area contributed by atoms with Gasteiger partial charge in [0, 0.05) is 10.8 Å². The molecule has 0 N–H and O–H groups in total. The van der Waals surface area contributed by atoms with E-state index in [1.165, 1.54) is 24.5 Å². The third kappa shape index (κ3) is 2.92. The van der Waals surface area contributed by atoms with E-state index < -0.39 is 11.9 Å². The highest BCUT2D eigenvalue weighted by molar-refractivity contribution is 7.13. The normalized spacial score (nSPS) is 11.6. The number of hydrogen-bond donors (Lipinski definition) is 0. The third-order valence-electron chi connectivity index (χ3n) is 2.50. The lowest BCUT2D eigenvalue weighted by Gasteiger charge is -2.00. The van der Waals surface area contributed by atoms with Crippen molar-refractivity contribution in [3.63, 3.8) is 0 Å². The molecule has 10 heteroatoms. The number of methoxy groups -OCH3 is 1. The SMILES string of the molecule is COc1nc(-c2c[c]nc(-c3nc(C(F)(F)F)cs3)n2)cs1. The Hall–Kier alpha value is -2.07. The maximum absolute atomic E-state index is 12.6. The number of thiazole rings is 2. The maximum Gasteiger partial charge on any atom is 0.434 e. The third-order valence-corrected chi connectivity index (χ3v) is 4.14. The van der Waals surface area contributed by atoms with Crippen LogP contribution in [0.25, 0.3) is 22.2 Å². The number of ether oxygens (including phenoxy) is 1. The van der Waals surface area contributed by atoms with E-state index in [0.717, 1.165) is 16.7 Å². The van der Waals surface area contributed by atoms with Gasteiger partial charge in [0.15, 0.2) is 16.5 Å². The molecule has 0 saturated carbocycles. The number of halogens is 3. The highest BCUT2D eigenvalue weighted by Crippen LogP contribution is 2.33. The topological polar surface area (TPSA) is 60.8 Å². The molecular formula is C12H6F3N4OS2. The molecule has 22 heavy (non-hydrogen) atoms. The molecule has 0 amide bonds. The molecule has 0 spiro atoms. The van der Waals surface area contributed by atoms with Gasteiger partial charge in [-0.25, -0.2) is 19.9 Å². The van der Waals surface area contributed by atoms with E-state index in [0.29, 0.717) is 16.6 Å². The van der Waals surface area contributed by atoms with E-state index in [4.69, 9.17) is 4.74 Å². The van der Waals surface area contributed by atoms with Crippen LogP contribution in [-0.4, -0.2) is 27.0 Å². The highest BCUT2D eigenvalue weighted by atomic mass is 32.1. The Morgan fingerprint density at radius 2 is 1.91 bits per heavy atom. The lowest BCUT2D eigenvalue weighted by Crippen LogP contribution is -2.05. The highest BCUT2D eigenvalue weighted by Gasteiger charge is 2.34. The van der Waals surface area contributed by atoms with Crippen LogP contribution in [0.2, 0.25) is 0 Å². The molecule has 3 rings (SSSR count). The molecule has 1 radical (unpaired) electrons. The molecule has 0 saturated heterocycles. The second kappa shape index (κ2) is 5.61. The van der Waals surface area contributed by atoms with Crippen LogP contribution in [0, 0.1) is 6.20 Å². The molecule has 0 aliphatic rings. The smallest absolute Gasteiger partial charge is 0.434 e. The van der Waals surface area contributed by atoms with Gasteiger partial charge < -0.3 is 4.74 Å². The van der Waals surface area contributed by atoms with Gasteiger partial charge in [-0.05, 0) is 6.07 Å². The first-order chi connectivity index (χ1) is 10.5. The van der Waals surface area contributed by atoms with E-state index in [-0.39, 0.29) is 10.8 Å². The summed E-state index contributed by atoms with van der Waals surface area (Å²) >= 11 is 2.11. The summed E-state index contributed by atoms with van der Waals surface area (Å²) in [6.45, 7) is 0. The summed E-state index contributed by atoms with van der Waals surface area (Å²) in [6.07, 6.45) is -1.89. The molecular weight excluding hydrogens is 337 g/mol. The lowest BCUT2D eigenvalue weighted by molar-refractivity contribution is -0.140. The Bertz CT molecular complexity index is 800. The molecule has 0 aromatic carbocycles. The van der Waals surface area contributed by atoms with Gasteiger partial charge in [-0.3, -0.25) is 0 Å². The van der Waals surface area contributed by atoms with Gasteiger partial charge in [0.25, 0.3) is 5.19 Å². The van der Waals surface area contributed by atoms with Crippen molar-refractivity contribution >= 4 is 22.7 Å². The number of nitrogens with zero attached hydrogens (tertiary/aromatic N) is 4. The van der Waals surface area contributed by atoms with Gasteiger partial charge in [0.2, 0.25) is 0 Å². The van der Waals surface area contributed by atoms with Crippen molar-refractivity contribution in [3.8, 4) is 27.4 Å². The van der Waals surface area contributed by atoms with Crippen LogP contribution < -0.4 is 4.74 Å². The van der Waals surface area contributed by atoms with Gasteiger partial charge in [0.05, 0.1) is 19.0 Å². The molecule has 3 aromatic heterocycles. The summed E-state index contributed by atoms with van der Waals surface area (Å²) in [4.78, 5) is 15.7. The average molecular weight is 343 g/mol. The number of rotatable bonds is 3. The van der Waals surface area contributed by atoms with Gasteiger partial charge in [-0.15, -0.1) is 11.3 Å². The summed E-state index contributed by atoms with van der Waals surface area (Å²) in [6, 6.07) is 1.50. The minimum absolute atomic E-state index is 0.0740. The van der Waals surface area contributed by atoms with Crippen LogP contribution in [0.1, 0.15) is 5.69 Å². The van der Waals surface area contributed by atoms with E-state index in [2.05, 4.69) is 26.1 Å². The minimum Gasteiger partial charge on any atom is -0.473 e. The molecule has 3 aromatic rings. The molecule has 0 aliphatic heterocycles. The van der Waals surface area contributed by atoms with Crippen LogP contribution in [0.15, 0.2) is 16.8 Å². The van der Waals surface area contributed by atoms with Crippen molar-refractivity contribution in [1.29, 1.82) is 0 Å². The van der Waals surface area contributed by atoms with Crippen molar-refractivity contribution < 1.29 is 17.9 Å². The van der Waals surface area contributed by atoms with Crippen LogP contribution in [0.5, 0.6) is 5.19 Å². The maximum atomic E-state index is 12.6. The first kappa shape index (κ1) is 14.9. The van der Waals surface area contributed by atoms with Crippen LogP contribution in [0.3, 0.4) is 0 Å². The molecule has 0 aliphatic carbocycles. The zero-order valence-electron chi connectivity index (χ0n) is 10.9. The second-order valence-corrected chi connectivity index (χ2v) is 5.62. The Morgan fingerprint density at radius 3 is 2.55 bits per heavy atom. The van der Waals surface area contributed by atoms with Crippen molar-refractivity contribution in [1.82, 2.24) is 19.9 Å². The summed E-state index contributed by atoms with van der Waals surface area (Å²) in [5, 5.41) is 3.19. The van der Waals surface area contributed by atoms with Gasteiger partial charge in [-0.2, -0.15) is 13.2 Å². The monoisotopic (exact) mass is 343 g/mol. The van der Waals surface area contributed by atoms with Gasteiger partial charge in [0.1, 0.15) is 5.69 Å². The minimum atomic E-state index is -4.49. The first-order valence-corrected chi connectivity index (χ1v) is 7.51. The summed E-state index contributed by atoms with van der Waals surface area (Å²) < 4.78 is 42.7. The fraction of sp³-hybridized carbons (Fsp3) is 0.167. The Labute approximate surface area is 130 Å². The lowest BCUT2D eigenvalue weighted by atomic mass is 10.3. The van der Waals surface area contributed by atoms with E-state index in [1.807, 2.05) is 0 Å². The van der Waals surface area contributed by atoms with Gasteiger partial charge >= 0.3 is 6.18 Å². The van der Waals surface area contributed by atoms with Crippen LogP contribution >= 0.6 is 22.7 Å². The molecule has 0 atom stereocenters. The molecule has 113 valence electrons. The standard InChI is InChI=1S/C12H6F3N4OS2/c1-20-11-18-7(4-22-11)6-2-3-16-9(17-6)10-19-8(5-21-10)12(13,14)15/h2,4-5H,1H3. The zero-order valence-corrected chi connectivity index (χ0v) is 12.5. The summed E-state index contributed by atoms with van der Waals surface area (Å²) in [7, 11) is 1.49. The largest absolute Gasteiger partial charge is 0.473 e. The van der Waals surface area contributed by atoms with Gasteiger partial charge in [-0.1, -0.05) is 11.3 Å². The van der Waals surface area contributed by atoms with Crippen LogP contribution in [0.4, 0.5) is 13.2 Å². The predicted molar refractivity (Wildman–Crippen MR) is 74.6 cm³/mol. The zero-order chi connectivity index (χ0) is 15.7. The Kier molecular flexibility index (Phi) is 3.79. The van der Waals surface area contributed by atoms with E-state index in [1.54, 1.807) is 5.38 Å². The molecule has 0 fully saturated rings. The van der Waals surface area contributed by atoms with Crippen molar-refractivity contribution in [2.45, 2.75) is 6.18 Å². The Balaban J connectivity index is 1.95. The summed E-state index contributed by atoms with van der Waals surface area (Å²) in [5.74, 6) is 0.0740. The number of hydrogen-bond acceptors (Lipinski definition) is 7. The van der Waals surface area contributed by atoms with E-state index >= 15 is 0 Å². The van der Waals surface area contributed by atoms with E-state index in [9.17, 15) is 13.2 Å². The number of aromatic nitrogens is 4. The fourth-order valence-electron chi connectivity index (χ4n) is 1.53. The molecule has 3 heterocycles. The van der Waals surface area contributed by atoms with Crippen LogP contribution in [-0.2, 0) is 6.18 Å². The Morgan fingerprint density at radius 1 is 1.09 bits per heavy atom. The molecule has 0 bridgehead atoms. The summed E-state index contributed by atoms with van der Waals surface area (Å²) in [5.41, 5.74) is 0.0134. The quantitative estimate of drug-likeness (QED) is 0.728. The fourth-order valence-corrected chi connectivity index (χ4v) is 2.92. The average Bonchev–Trinajstić information content (AvgIpc) is 3.16. The van der Waals surface area contributed by atoms with Crippen molar-refractivity contribution in [3.05, 3.63) is 28.7 Å². The van der Waals surface area contributed by atoms with Crippen molar-refractivity contribution in [2.24, 2.45) is 0 Å². The molecule has 5 nitrogen and oxygen atoms in total. The molecule has 0 unspecified atom stereocenters. The van der Waals surface area contributed by atoms with Crippen molar-refractivity contribution in [2.75, 3.05) is 7.11 Å². The second-order valence-electron chi connectivity index (χ2n) is 3.94. The number of alkyl halides is 3. The first-order valence-electron chi connectivity index (χ1n) is 5.75. The predicted octanol–water partition coefficient (Wildman–Crippen LogP) is 3.55.